The van der Waals surface area contributed by atoms with E-state index in [1.165, 1.54) is 6.92 Å². The fourth-order valence-corrected chi connectivity index (χ4v) is 3.71. The van der Waals surface area contributed by atoms with Gasteiger partial charge in [-0.3, -0.25) is 9.59 Å². The topological polar surface area (TPSA) is 66.8 Å². The molecule has 5 nitrogen and oxygen atoms in total. The molecule has 5 heteroatoms. The molecule has 0 radical (unpaired) electrons. The Labute approximate surface area is 159 Å². The number of anilines is 1. The van der Waals surface area contributed by atoms with E-state index in [0.717, 1.165) is 22.4 Å². The van der Waals surface area contributed by atoms with Gasteiger partial charge >= 0.3 is 0 Å². The second-order valence-corrected chi connectivity index (χ2v) is 7.34. The van der Waals surface area contributed by atoms with E-state index >= 15 is 0 Å². The van der Waals surface area contributed by atoms with E-state index in [1.54, 1.807) is 11.0 Å². The van der Waals surface area contributed by atoms with Crippen LogP contribution in [0.1, 0.15) is 35.6 Å². The van der Waals surface area contributed by atoms with E-state index < -0.39 is 11.5 Å². The molecule has 1 N–H and O–H groups in total. The molecule has 1 unspecified atom stereocenters. The SMILES string of the molecule is CC(=O)CC1(O)C(=O)N(CCOc2ccc(C)cc2)c2c(C)cc(C)cc21. The minimum absolute atomic E-state index is 0.225. The number of fused-ring (bicyclic) bond motifs is 1. The molecular weight excluding hydrogens is 342 g/mol. The summed E-state index contributed by atoms with van der Waals surface area (Å²) in [6, 6.07) is 11.5. The third-order valence-corrected chi connectivity index (χ3v) is 4.87. The van der Waals surface area contributed by atoms with Crippen molar-refractivity contribution < 1.29 is 19.4 Å². The van der Waals surface area contributed by atoms with Crippen molar-refractivity contribution in [3.05, 3.63) is 58.7 Å². The van der Waals surface area contributed by atoms with Crippen molar-refractivity contribution in [3.8, 4) is 5.75 Å². The maximum Gasteiger partial charge on any atom is 0.264 e. The lowest BCUT2D eigenvalue weighted by molar-refractivity contribution is -0.141. The van der Waals surface area contributed by atoms with Crippen molar-refractivity contribution >= 4 is 17.4 Å². The van der Waals surface area contributed by atoms with E-state index in [0.29, 0.717) is 17.8 Å². The fourth-order valence-electron chi connectivity index (χ4n) is 3.71. The van der Waals surface area contributed by atoms with Crippen LogP contribution in [0.4, 0.5) is 5.69 Å². The molecule has 1 heterocycles. The summed E-state index contributed by atoms with van der Waals surface area (Å²) in [6.45, 7) is 7.80. The smallest absolute Gasteiger partial charge is 0.264 e. The first-order chi connectivity index (χ1) is 12.7. The Hall–Kier alpha value is -2.66. The number of carbonyl (C=O) groups is 2. The number of benzene rings is 2. The minimum atomic E-state index is -1.80. The lowest BCUT2D eigenvalue weighted by Gasteiger charge is -2.22. The molecule has 2 aromatic carbocycles. The number of carbonyl (C=O) groups excluding carboxylic acids is 2. The number of rotatable bonds is 6. The van der Waals surface area contributed by atoms with E-state index in [2.05, 4.69) is 0 Å². The Balaban J connectivity index is 1.86. The lowest BCUT2D eigenvalue weighted by atomic mass is 9.88. The molecule has 0 bridgehead atoms. The maximum absolute atomic E-state index is 13.0. The van der Waals surface area contributed by atoms with Crippen LogP contribution >= 0.6 is 0 Å². The number of amides is 1. The fraction of sp³-hybridized carbons (Fsp3) is 0.364. The molecular formula is C22H25NO4. The summed E-state index contributed by atoms with van der Waals surface area (Å²) in [5.74, 6) is 0.0368. The van der Waals surface area contributed by atoms with Crippen molar-refractivity contribution in [2.24, 2.45) is 0 Å². The largest absolute Gasteiger partial charge is 0.492 e. The van der Waals surface area contributed by atoms with Gasteiger partial charge in [-0.1, -0.05) is 35.4 Å². The van der Waals surface area contributed by atoms with Gasteiger partial charge in [-0.05, 0) is 45.4 Å². The second kappa shape index (κ2) is 7.16. The highest BCUT2D eigenvalue weighted by Gasteiger charge is 2.50. The average Bonchev–Trinajstić information content (AvgIpc) is 2.78. The van der Waals surface area contributed by atoms with E-state index in [-0.39, 0.29) is 18.8 Å². The van der Waals surface area contributed by atoms with Crippen molar-refractivity contribution in [1.82, 2.24) is 0 Å². The van der Waals surface area contributed by atoms with Crippen molar-refractivity contribution in [2.45, 2.75) is 39.7 Å². The van der Waals surface area contributed by atoms with E-state index in [9.17, 15) is 14.7 Å². The molecule has 0 aromatic heterocycles. The normalized spacial score (nSPS) is 18.6. The van der Waals surface area contributed by atoms with Gasteiger partial charge in [0, 0.05) is 12.0 Å². The number of Topliss-reactive ketones (excluding diaryl/α,β-unsaturated/α-hetero) is 1. The van der Waals surface area contributed by atoms with Crippen LogP contribution < -0.4 is 9.64 Å². The molecule has 0 saturated carbocycles. The molecule has 0 spiro atoms. The third kappa shape index (κ3) is 3.60. The highest BCUT2D eigenvalue weighted by atomic mass is 16.5. The summed E-state index contributed by atoms with van der Waals surface area (Å²) in [4.78, 5) is 26.3. The monoisotopic (exact) mass is 367 g/mol. The van der Waals surface area contributed by atoms with Crippen LogP contribution in [-0.4, -0.2) is 29.9 Å². The van der Waals surface area contributed by atoms with Crippen LogP contribution in [0.25, 0.3) is 0 Å². The Morgan fingerprint density at radius 1 is 1.11 bits per heavy atom. The Morgan fingerprint density at radius 2 is 1.78 bits per heavy atom. The van der Waals surface area contributed by atoms with Gasteiger partial charge < -0.3 is 14.7 Å². The molecule has 3 rings (SSSR count). The van der Waals surface area contributed by atoms with Crippen LogP contribution in [0.3, 0.4) is 0 Å². The Kier molecular flexibility index (Phi) is 5.07. The van der Waals surface area contributed by atoms with E-state index in [1.807, 2.05) is 51.1 Å². The summed E-state index contributed by atoms with van der Waals surface area (Å²) in [7, 11) is 0. The van der Waals surface area contributed by atoms with Gasteiger partial charge in [-0.15, -0.1) is 0 Å². The van der Waals surface area contributed by atoms with Gasteiger partial charge in [0.05, 0.1) is 12.2 Å². The summed E-state index contributed by atoms with van der Waals surface area (Å²) in [5, 5.41) is 11.1. The molecule has 1 atom stereocenters. The highest BCUT2D eigenvalue weighted by molar-refractivity contribution is 6.09. The zero-order valence-corrected chi connectivity index (χ0v) is 16.2. The van der Waals surface area contributed by atoms with Crippen molar-refractivity contribution in [1.29, 1.82) is 0 Å². The number of ether oxygens (including phenoxy) is 1. The molecule has 1 amide bonds. The number of aliphatic hydroxyl groups is 1. The summed E-state index contributed by atoms with van der Waals surface area (Å²) < 4.78 is 5.76. The van der Waals surface area contributed by atoms with Gasteiger partial charge in [0.25, 0.3) is 5.91 Å². The zero-order chi connectivity index (χ0) is 19.8. The van der Waals surface area contributed by atoms with Crippen molar-refractivity contribution in [2.75, 3.05) is 18.1 Å². The first-order valence-corrected chi connectivity index (χ1v) is 9.07. The molecule has 142 valence electrons. The quantitative estimate of drug-likeness (QED) is 0.851. The first-order valence-electron chi connectivity index (χ1n) is 9.07. The van der Waals surface area contributed by atoms with Crippen LogP contribution in [0.5, 0.6) is 5.75 Å². The number of ketones is 1. The van der Waals surface area contributed by atoms with Gasteiger partial charge in [-0.25, -0.2) is 0 Å². The van der Waals surface area contributed by atoms with Crippen LogP contribution in [0.2, 0.25) is 0 Å². The Morgan fingerprint density at radius 3 is 2.41 bits per heavy atom. The van der Waals surface area contributed by atoms with Gasteiger partial charge in [0.2, 0.25) is 0 Å². The molecule has 27 heavy (non-hydrogen) atoms. The third-order valence-electron chi connectivity index (χ3n) is 4.87. The maximum atomic E-state index is 13.0. The summed E-state index contributed by atoms with van der Waals surface area (Å²) >= 11 is 0. The number of hydrogen-bond donors (Lipinski definition) is 1. The highest BCUT2D eigenvalue weighted by Crippen LogP contribution is 2.44. The molecule has 1 aliphatic rings. The molecule has 0 aliphatic carbocycles. The van der Waals surface area contributed by atoms with Gasteiger partial charge in [0.1, 0.15) is 18.1 Å². The lowest BCUT2D eigenvalue weighted by Crippen LogP contribution is -2.43. The summed E-state index contributed by atoms with van der Waals surface area (Å²) in [5.41, 5.74) is 2.37. The zero-order valence-electron chi connectivity index (χ0n) is 16.2. The molecule has 0 saturated heterocycles. The number of nitrogens with zero attached hydrogens (tertiary/aromatic N) is 1. The first kappa shape index (κ1) is 19.1. The van der Waals surface area contributed by atoms with Crippen LogP contribution in [0.15, 0.2) is 36.4 Å². The van der Waals surface area contributed by atoms with Gasteiger partial charge in [0.15, 0.2) is 5.60 Å². The molecule has 2 aromatic rings. The summed E-state index contributed by atoms with van der Waals surface area (Å²) in [6.07, 6.45) is -0.225. The second-order valence-electron chi connectivity index (χ2n) is 7.34. The molecule has 0 fully saturated rings. The predicted molar refractivity (Wildman–Crippen MR) is 104 cm³/mol. The van der Waals surface area contributed by atoms with Gasteiger partial charge in [-0.2, -0.15) is 0 Å². The minimum Gasteiger partial charge on any atom is -0.492 e. The predicted octanol–water partition coefficient (Wildman–Crippen LogP) is 3.20. The average molecular weight is 367 g/mol. The number of hydrogen-bond acceptors (Lipinski definition) is 4. The standard InChI is InChI=1S/C22H25NO4/c1-14-5-7-18(8-6-14)27-10-9-23-20-16(3)11-15(2)12-19(20)22(26,21(23)25)13-17(4)24/h5-8,11-12,26H,9-10,13H2,1-4H3. The molecule has 1 aliphatic heterocycles. The van der Waals surface area contributed by atoms with E-state index in [4.69, 9.17) is 4.74 Å². The van der Waals surface area contributed by atoms with Crippen LogP contribution in [0, 0.1) is 20.8 Å². The van der Waals surface area contributed by atoms with Crippen molar-refractivity contribution in [3.63, 3.8) is 0 Å². The Bertz CT molecular complexity index is 888. The van der Waals surface area contributed by atoms with Crippen LogP contribution in [-0.2, 0) is 15.2 Å². The number of aryl methyl sites for hydroxylation is 3.